The van der Waals surface area contributed by atoms with E-state index in [1.165, 1.54) is 0 Å². The van der Waals surface area contributed by atoms with Crippen LogP contribution in [-0.4, -0.2) is 72.8 Å². The quantitative estimate of drug-likeness (QED) is 0.757. The maximum absolute atomic E-state index is 12.2. The fourth-order valence-electron chi connectivity index (χ4n) is 2.53. The molecule has 1 aromatic heterocycles. The first kappa shape index (κ1) is 16.9. The molecule has 1 amide bonds. The Labute approximate surface area is 131 Å². The van der Waals surface area contributed by atoms with Gasteiger partial charge in [0.15, 0.2) is 5.82 Å². The van der Waals surface area contributed by atoms with Gasteiger partial charge in [0.2, 0.25) is 5.91 Å². The number of piperazine rings is 1. The molecule has 0 spiro atoms. The van der Waals surface area contributed by atoms with Crippen LogP contribution in [-0.2, 0) is 9.53 Å². The molecule has 2 heterocycles. The average molecular weight is 310 g/mol. The molecule has 1 aromatic rings. The van der Waals surface area contributed by atoms with Gasteiger partial charge in [0.05, 0.1) is 12.6 Å². The summed E-state index contributed by atoms with van der Waals surface area (Å²) >= 11 is 0. The summed E-state index contributed by atoms with van der Waals surface area (Å²) < 4.78 is 10.3. The molecular weight excluding hydrogens is 284 g/mol. The molecule has 0 aromatic carbocycles. The van der Waals surface area contributed by atoms with Crippen molar-refractivity contribution in [3.05, 3.63) is 11.8 Å². The number of hydrogen-bond donors (Lipinski definition) is 1. The average Bonchev–Trinajstić information content (AvgIpc) is 2.92. The summed E-state index contributed by atoms with van der Waals surface area (Å²) in [6, 6.07) is 1.54. The summed E-state index contributed by atoms with van der Waals surface area (Å²) in [5.41, 5.74) is 0. The third-order valence-electron chi connectivity index (χ3n) is 3.97. The normalized spacial score (nSPS) is 18.3. The SMILES string of the molecule is CCOCCN1CCN([C@@H](C)C(=O)Nc2cc(C)on2)CC1. The second-order valence-corrected chi connectivity index (χ2v) is 5.56. The summed E-state index contributed by atoms with van der Waals surface area (Å²) in [6.45, 7) is 11.9. The number of aryl methyl sites for hydroxylation is 1. The van der Waals surface area contributed by atoms with Crippen LogP contribution >= 0.6 is 0 Å². The summed E-state index contributed by atoms with van der Waals surface area (Å²) in [5, 5.41) is 6.58. The van der Waals surface area contributed by atoms with Crippen LogP contribution in [0.4, 0.5) is 5.82 Å². The molecule has 0 aliphatic carbocycles. The smallest absolute Gasteiger partial charge is 0.242 e. The van der Waals surface area contributed by atoms with Gasteiger partial charge in [-0.25, -0.2) is 0 Å². The number of ether oxygens (including phenoxy) is 1. The number of nitrogens with one attached hydrogen (secondary N) is 1. The molecule has 22 heavy (non-hydrogen) atoms. The van der Waals surface area contributed by atoms with E-state index in [0.717, 1.165) is 45.9 Å². The molecule has 0 radical (unpaired) electrons. The summed E-state index contributed by atoms with van der Waals surface area (Å²) in [5.74, 6) is 1.12. The van der Waals surface area contributed by atoms with Gasteiger partial charge in [0, 0.05) is 45.4 Å². The highest BCUT2D eigenvalue weighted by atomic mass is 16.5. The lowest BCUT2D eigenvalue weighted by molar-refractivity contribution is -0.121. The Hall–Kier alpha value is -1.44. The van der Waals surface area contributed by atoms with Crippen molar-refractivity contribution in [3.8, 4) is 0 Å². The fourth-order valence-corrected chi connectivity index (χ4v) is 2.53. The molecular formula is C15H26N4O3. The molecule has 1 N–H and O–H groups in total. The number of anilines is 1. The van der Waals surface area contributed by atoms with Gasteiger partial charge < -0.3 is 14.6 Å². The van der Waals surface area contributed by atoms with Gasteiger partial charge in [-0.15, -0.1) is 0 Å². The highest BCUT2D eigenvalue weighted by molar-refractivity contribution is 5.93. The minimum atomic E-state index is -0.175. The molecule has 7 nitrogen and oxygen atoms in total. The third kappa shape index (κ3) is 4.79. The second-order valence-electron chi connectivity index (χ2n) is 5.56. The summed E-state index contributed by atoms with van der Waals surface area (Å²) in [4.78, 5) is 16.8. The number of nitrogens with zero attached hydrogens (tertiary/aromatic N) is 3. The molecule has 0 bridgehead atoms. The highest BCUT2D eigenvalue weighted by Crippen LogP contribution is 2.11. The van der Waals surface area contributed by atoms with Crippen molar-refractivity contribution < 1.29 is 14.1 Å². The van der Waals surface area contributed by atoms with E-state index in [9.17, 15) is 4.79 Å². The van der Waals surface area contributed by atoms with E-state index in [1.807, 2.05) is 13.8 Å². The van der Waals surface area contributed by atoms with Crippen molar-refractivity contribution in [2.45, 2.75) is 26.8 Å². The molecule has 124 valence electrons. The number of carbonyl (C=O) groups is 1. The zero-order chi connectivity index (χ0) is 15.9. The standard InChI is InChI=1S/C15H26N4O3/c1-4-21-10-9-18-5-7-19(8-6-18)13(3)15(20)16-14-11-12(2)22-17-14/h11,13H,4-10H2,1-3H3,(H,16,17,20)/t13-/m0/s1. The molecule has 2 rings (SSSR count). The maximum atomic E-state index is 12.2. The second kappa shape index (κ2) is 8.26. The van der Waals surface area contributed by atoms with Crippen LogP contribution in [0.25, 0.3) is 0 Å². The Bertz CT molecular complexity index is 469. The van der Waals surface area contributed by atoms with Crippen LogP contribution in [0.15, 0.2) is 10.6 Å². The van der Waals surface area contributed by atoms with Crippen molar-refractivity contribution in [2.24, 2.45) is 0 Å². The van der Waals surface area contributed by atoms with Crippen LogP contribution < -0.4 is 5.32 Å². The van der Waals surface area contributed by atoms with Crippen molar-refractivity contribution in [1.29, 1.82) is 0 Å². The molecule has 7 heteroatoms. The Morgan fingerprint density at radius 3 is 2.77 bits per heavy atom. The van der Waals surface area contributed by atoms with Crippen LogP contribution in [0.3, 0.4) is 0 Å². The van der Waals surface area contributed by atoms with Crippen molar-refractivity contribution in [1.82, 2.24) is 15.0 Å². The fraction of sp³-hybridized carbons (Fsp3) is 0.733. The van der Waals surface area contributed by atoms with E-state index in [1.54, 1.807) is 13.0 Å². The molecule has 0 unspecified atom stereocenters. The van der Waals surface area contributed by atoms with Gasteiger partial charge in [-0.3, -0.25) is 14.6 Å². The zero-order valence-corrected chi connectivity index (χ0v) is 13.7. The van der Waals surface area contributed by atoms with Crippen molar-refractivity contribution in [3.63, 3.8) is 0 Å². The van der Waals surface area contributed by atoms with E-state index in [4.69, 9.17) is 9.26 Å². The van der Waals surface area contributed by atoms with Crippen LogP contribution in [0.2, 0.25) is 0 Å². The van der Waals surface area contributed by atoms with E-state index in [0.29, 0.717) is 11.6 Å². The van der Waals surface area contributed by atoms with E-state index in [-0.39, 0.29) is 11.9 Å². The van der Waals surface area contributed by atoms with Gasteiger partial charge in [0.1, 0.15) is 5.76 Å². The number of aromatic nitrogens is 1. The molecule has 1 saturated heterocycles. The molecule has 1 atom stereocenters. The first-order valence-electron chi connectivity index (χ1n) is 7.88. The lowest BCUT2D eigenvalue weighted by Gasteiger charge is -2.37. The Morgan fingerprint density at radius 2 is 2.18 bits per heavy atom. The van der Waals surface area contributed by atoms with Gasteiger partial charge in [-0.1, -0.05) is 5.16 Å². The van der Waals surface area contributed by atoms with Crippen molar-refractivity contribution in [2.75, 3.05) is 51.3 Å². The minimum Gasteiger partial charge on any atom is -0.380 e. The van der Waals surface area contributed by atoms with Crippen LogP contribution in [0, 0.1) is 6.92 Å². The lowest BCUT2D eigenvalue weighted by atomic mass is 10.2. The number of hydrogen-bond acceptors (Lipinski definition) is 6. The number of carbonyl (C=O) groups excluding carboxylic acids is 1. The predicted molar refractivity (Wildman–Crippen MR) is 83.8 cm³/mol. The summed E-state index contributed by atoms with van der Waals surface area (Å²) in [7, 11) is 0. The molecule has 0 saturated carbocycles. The number of amides is 1. The van der Waals surface area contributed by atoms with E-state index < -0.39 is 0 Å². The van der Waals surface area contributed by atoms with Crippen LogP contribution in [0.1, 0.15) is 19.6 Å². The Morgan fingerprint density at radius 1 is 1.45 bits per heavy atom. The monoisotopic (exact) mass is 310 g/mol. The largest absolute Gasteiger partial charge is 0.380 e. The maximum Gasteiger partial charge on any atom is 0.242 e. The summed E-state index contributed by atoms with van der Waals surface area (Å²) in [6.07, 6.45) is 0. The van der Waals surface area contributed by atoms with Gasteiger partial charge >= 0.3 is 0 Å². The first-order valence-corrected chi connectivity index (χ1v) is 7.88. The Kier molecular flexibility index (Phi) is 6.35. The topological polar surface area (TPSA) is 70.8 Å². The van der Waals surface area contributed by atoms with E-state index >= 15 is 0 Å². The first-order chi connectivity index (χ1) is 10.6. The zero-order valence-electron chi connectivity index (χ0n) is 13.7. The Balaban J connectivity index is 1.74. The van der Waals surface area contributed by atoms with Gasteiger partial charge in [0.25, 0.3) is 0 Å². The minimum absolute atomic E-state index is 0.0453. The predicted octanol–water partition coefficient (Wildman–Crippen LogP) is 0.964. The van der Waals surface area contributed by atoms with Crippen LogP contribution in [0.5, 0.6) is 0 Å². The number of rotatable bonds is 7. The van der Waals surface area contributed by atoms with Gasteiger partial charge in [-0.05, 0) is 20.8 Å². The van der Waals surface area contributed by atoms with Gasteiger partial charge in [-0.2, -0.15) is 0 Å². The lowest BCUT2D eigenvalue weighted by Crippen LogP contribution is -2.53. The molecule has 1 fully saturated rings. The highest BCUT2D eigenvalue weighted by Gasteiger charge is 2.25. The molecule has 1 aliphatic rings. The van der Waals surface area contributed by atoms with Crippen molar-refractivity contribution >= 4 is 11.7 Å². The third-order valence-corrected chi connectivity index (χ3v) is 3.97. The van der Waals surface area contributed by atoms with E-state index in [2.05, 4.69) is 20.3 Å². The molecule has 1 aliphatic heterocycles.